The second-order valence-electron chi connectivity index (χ2n) is 7.69. The van der Waals surface area contributed by atoms with E-state index in [-0.39, 0.29) is 29.8 Å². The molecule has 26 heavy (non-hydrogen) atoms. The van der Waals surface area contributed by atoms with E-state index in [9.17, 15) is 19.5 Å². The van der Waals surface area contributed by atoms with E-state index in [2.05, 4.69) is 5.16 Å². The summed E-state index contributed by atoms with van der Waals surface area (Å²) >= 11 is 0. The number of imide groups is 1. The number of aliphatic carboxylic acids is 1. The van der Waals surface area contributed by atoms with Crippen molar-refractivity contribution in [2.45, 2.75) is 19.4 Å². The Morgan fingerprint density at radius 1 is 1.15 bits per heavy atom. The summed E-state index contributed by atoms with van der Waals surface area (Å²) in [5.74, 6) is -3.31. The van der Waals surface area contributed by atoms with Crippen LogP contribution in [0.2, 0.25) is 0 Å². The van der Waals surface area contributed by atoms with Crippen LogP contribution in [0.5, 0.6) is 0 Å². The number of amides is 2. The van der Waals surface area contributed by atoms with Gasteiger partial charge in [-0.3, -0.25) is 14.5 Å². The van der Waals surface area contributed by atoms with Crippen LogP contribution in [0.25, 0.3) is 0 Å². The molecule has 7 heteroatoms. The molecule has 134 valence electrons. The molecule has 2 amide bonds. The molecular formula is C19H17N2O5-. The number of hydrogen-bond donors (Lipinski definition) is 0. The lowest BCUT2D eigenvalue weighted by atomic mass is 9.71. The highest BCUT2D eigenvalue weighted by Gasteiger charge is 2.70. The Hall–Kier alpha value is -2.70. The molecule has 0 unspecified atom stereocenters. The highest BCUT2D eigenvalue weighted by atomic mass is 16.6. The van der Waals surface area contributed by atoms with Gasteiger partial charge in [0.05, 0.1) is 30.1 Å². The van der Waals surface area contributed by atoms with Gasteiger partial charge in [0.2, 0.25) is 11.8 Å². The van der Waals surface area contributed by atoms with E-state index >= 15 is 0 Å². The quantitative estimate of drug-likeness (QED) is 0.696. The summed E-state index contributed by atoms with van der Waals surface area (Å²) in [6.45, 7) is 1.34. The number of fused-ring (bicyclic) bond motifs is 8. The molecule has 2 aliphatic carbocycles. The first-order chi connectivity index (χ1) is 12.5. The van der Waals surface area contributed by atoms with Crippen LogP contribution in [0.4, 0.5) is 0 Å². The van der Waals surface area contributed by atoms with Crippen molar-refractivity contribution >= 4 is 23.5 Å². The predicted octanol–water partition coefficient (Wildman–Crippen LogP) is -0.285. The summed E-state index contributed by atoms with van der Waals surface area (Å²) in [6, 6.07) is 8.00. The van der Waals surface area contributed by atoms with Crippen LogP contribution in [0.1, 0.15) is 17.5 Å². The van der Waals surface area contributed by atoms with Crippen LogP contribution >= 0.6 is 0 Å². The van der Waals surface area contributed by atoms with Gasteiger partial charge < -0.3 is 14.7 Å². The Balaban J connectivity index is 1.47. The van der Waals surface area contributed by atoms with Gasteiger partial charge in [0, 0.05) is 11.8 Å². The number of benzene rings is 1. The fraction of sp³-hybridized carbons (Fsp3) is 0.474. The zero-order valence-corrected chi connectivity index (χ0v) is 14.1. The van der Waals surface area contributed by atoms with E-state index in [0.29, 0.717) is 0 Å². The Bertz CT molecular complexity index is 861. The summed E-state index contributed by atoms with van der Waals surface area (Å²) in [7, 11) is 0. The van der Waals surface area contributed by atoms with Crippen molar-refractivity contribution < 1.29 is 24.3 Å². The molecule has 6 atom stereocenters. The number of rotatable bonds is 3. The minimum Gasteiger partial charge on any atom is -0.548 e. The second kappa shape index (κ2) is 5.16. The number of likely N-dealkylation sites (tertiary alicyclic amines) is 1. The van der Waals surface area contributed by atoms with Gasteiger partial charge in [-0.15, -0.1) is 0 Å². The second-order valence-corrected chi connectivity index (χ2v) is 7.69. The molecule has 0 radical (unpaired) electrons. The summed E-state index contributed by atoms with van der Waals surface area (Å²) in [5, 5.41) is 15.2. The Morgan fingerprint density at radius 2 is 1.81 bits per heavy atom. The molecule has 1 aromatic carbocycles. The maximum absolute atomic E-state index is 12.7. The number of nitrogens with zero attached hydrogens (tertiary/aromatic N) is 2. The Kier molecular flexibility index (Phi) is 3.08. The van der Waals surface area contributed by atoms with E-state index in [1.165, 1.54) is 0 Å². The average Bonchev–Trinajstić information content (AvgIpc) is 3.32. The number of oxime groups is 1. The molecule has 0 aromatic heterocycles. The van der Waals surface area contributed by atoms with Crippen LogP contribution < -0.4 is 5.11 Å². The number of aryl methyl sites for hydroxylation is 1. The molecule has 2 aliphatic heterocycles. The lowest BCUT2D eigenvalue weighted by molar-refractivity contribution is -0.305. The monoisotopic (exact) mass is 353 g/mol. The van der Waals surface area contributed by atoms with Crippen LogP contribution in [-0.4, -0.2) is 41.0 Å². The van der Waals surface area contributed by atoms with Gasteiger partial charge in [-0.1, -0.05) is 35.0 Å². The van der Waals surface area contributed by atoms with Gasteiger partial charge in [-0.2, -0.15) is 0 Å². The molecule has 1 saturated heterocycles. The lowest BCUT2D eigenvalue weighted by Gasteiger charge is -2.29. The molecule has 4 aliphatic rings. The van der Waals surface area contributed by atoms with E-state index in [4.69, 9.17) is 4.84 Å². The van der Waals surface area contributed by atoms with Crippen LogP contribution in [0, 0.1) is 36.5 Å². The minimum atomic E-state index is -1.42. The van der Waals surface area contributed by atoms with Gasteiger partial charge in [-0.05, 0) is 24.8 Å². The number of hydrogen-bond acceptors (Lipinski definition) is 6. The summed E-state index contributed by atoms with van der Waals surface area (Å²) in [4.78, 5) is 42.8. The predicted molar refractivity (Wildman–Crippen MR) is 86.4 cm³/mol. The van der Waals surface area contributed by atoms with Crippen LogP contribution in [0.15, 0.2) is 29.4 Å². The van der Waals surface area contributed by atoms with E-state index < -0.39 is 30.3 Å². The topological polar surface area (TPSA) is 99.1 Å². The van der Waals surface area contributed by atoms with E-state index in [0.717, 1.165) is 28.2 Å². The van der Waals surface area contributed by atoms with Gasteiger partial charge >= 0.3 is 0 Å². The highest BCUT2D eigenvalue weighted by molar-refractivity contribution is 6.09. The van der Waals surface area contributed by atoms with Crippen molar-refractivity contribution in [1.82, 2.24) is 4.90 Å². The molecule has 0 N–H and O–H groups in total. The van der Waals surface area contributed by atoms with Crippen molar-refractivity contribution in [3.8, 4) is 0 Å². The first-order valence-electron chi connectivity index (χ1n) is 8.83. The fourth-order valence-electron chi connectivity index (χ4n) is 5.44. The van der Waals surface area contributed by atoms with Crippen LogP contribution in [-0.2, 0) is 19.2 Å². The molecule has 2 saturated carbocycles. The zero-order valence-electron chi connectivity index (χ0n) is 14.1. The van der Waals surface area contributed by atoms with Gasteiger partial charge in [0.25, 0.3) is 0 Å². The molecule has 7 nitrogen and oxygen atoms in total. The molecule has 3 fully saturated rings. The van der Waals surface area contributed by atoms with Crippen molar-refractivity contribution in [1.29, 1.82) is 0 Å². The first kappa shape index (κ1) is 15.5. The largest absolute Gasteiger partial charge is 0.548 e. The van der Waals surface area contributed by atoms with Crippen LogP contribution in [0.3, 0.4) is 0 Å². The maximum atomic E-state index is 12.7. The molecule has 0 spiro atoms. The van der Waals surface area contributed by atoms with Crippen molar-refractivity contribution in [2.24, 2.45) is 34.7 Å². The number of carbonyl (C=O) groups is 3. The molecular weight excluding hydrogens is 336 g/mol. The third kappa shape index (κ3) is 1.88. The Morgan fingerprint density at radius 3 is 2.46 bits per heavy atom. The van der Waals surface area contributed by atoms with E-state index in [1.807, 2.05) is 31.2 Å². The Labute approximate surface area is 149 Å². The molecule has 2 bridgehead atoms. The van der Waals surface area contributed by atoms with E-state index in [1.54, 1.807) is 0 Å². The molecule has 2 heterocycles. The summed E-state index contributed by atoms with van der Waals surface area (Å²) < 4.78 is 0. The zero-order chi connectivity index (χ0) is 18.2. The van der Waals surface area contributed by atoms with Crippen molar-refractivity contribution in [2.75, 3.05) is 6.54 Å². The minimum absolute atomic E-state index is 0.0244. The lowest BCUT2D eigenvalue weighted by Crippen LogP contribution is -2.42. The first-order valence-corrected chi connectivity index (χ1v) is 8.83. The number of carboxylic acid groups (broad SMARTS) is 1. The van der Waals surface area contributed by atoms with Gasteiger partial charge in [-0.25, -0.2) is 0 Å². The smallest absolute Gasteiger partial charge is 0.233 e. The third-order valence-corrected chi connectivity index (χ3v) is 6.42. The number of carbonyl (C=O) groups excluding carboxylic acids is 3. The normalized spacial score (nSPS) is 36.8. The van der Waals surface area contributed by atoms with Gasteiger partial charge in [0.1, 0.15) is 6.10 Å². The van der Waals surface area contributed by atoms with Crippen molar-refractivity contribution in [3.05, 3.63) is 35.4 Å². The highest BCUT2D eigenvalue weighted by Crippen LogP contribution is 2.61. The molecule has 1 aromatic rings. The number of carboxylic acids is 1. The fourth-order valence-corrected chi connectivity index (χ4v) is 5.44. The summed E-state index contributed by atoms with van der Waals surface area (Å²) in [6.07, 6.45) is 0.531. The SMILES string of the molecule is Cc1ccc(C2=NO[C@@H]3[C@@H]4C[C@@H]([C@H]5C(=O)N(CC(=O)[O-])C(=O)[C@@H]45)[C@H]23)cc1. The average molecular weight is 353 g/mol. The molecule has 5 rings (SSSR count). The van der Waals surface area contributed by atoms with Crippen molar-refractivity contribution in [3.63, 3.8) is 0 Å². The third-order valence-electron chi connectivity index (χ3n) is 6.42. The standard InChI is InChI=1S/C19H18N2O5/c1-8-2-4-9(5-3-8)16-15-10-6-11(17(15)26-20-16)14-13(10)18(24)21(19(14)25)7-12(22)23/h2-5,10-11,13-15,17H,6-7H2,1H3,(H,22,23)/p-1/t10-,11+,13+,14-,15+,17+/m0/s1. The maximum Gasteiger partial charge on any atom is 0.233 e. The van der Waals surface area contributed by atoms with Gasteiger partial charge in [0.15, 0.2) is 0 Å². The summed E-state index contributed by atoms with van der Waals surface area (Å²) in [5.41, 5.74) is 2.95.